The number of nitrogens with one attached hydrogen (secondary N) is 3. The van der Waals surface area contributed by atoms with Gasteiger partial charge in [0.2, 0.25) is 11.9 Å². The van der Waals surface area contributed by atoms with Crippen LogP contribution in [0.25, 0.3) is 11.2 Å². The number of imidazole rings is 1. The van der Waals surface area contributed by atoms with Crippen molar-refractivity contribution in [1.82, 2.24) is 19.9 Å². The quantitative estimate of drug-likeness (QED) is 0.679. The lowest BCUT2D eigenvalue weighted by molar-refractivity contribution is 0.586. The fraction of sp³-hybridized carbons (Fsp3) is 0.312. The standard InChI is InChI=1S/C16H16F2N6/c17-9-5-6-12(11(18)7-9)21-16-22-13-8-19-15(23-14(13)24-16)20-10-3-1-2-4-10/h5-8,10H,1-4H2,(H3,19,20,21,22,23,24). The molecule has 1 aromatic carbocycles. The summed E-state index contributed by atoms with van der Waals surface area (Å²) in [6.07, 6.45) is 6.33. The number of aromatic nitrogens is 4. The van der Waals surface area contributed by atoms with Gasteiger partial charge in [0.1, 0.15) is 17.2 Å². The maximum absolute atomic E-state index is 13.7. The summed E-state index contributed by atoms with van der Waals surface area (Å²) in [4.78, 5) is 15.9. The first kappa shape index (κ1) is 14.8. The maximum Gasteiger partial charge on any atom is 0.225 e. The number of fused-ring (bicyclic) bond motifs is 1. The van der Waals surface area contributed by atoms with Crippen molar-refractivity contribution < 1.29 is 8.78 Å². The Labute approximate surface area is 136 Å². The summed E-state index contributed by atoms with van der Waals surface area (Å²) in [7, 11) is 0. The van der Waals surface area contributed by atoms with Crippen LogP contribution in [0.15, 0.2) is 24.4 Å². The normalized spacial score (nSPS) is 15.1. The van der Waals surface area contributed by atoms with Gasteiger partial charge in [0, 0.05) is 12.1 Å². The van der Waals surface area contributed by atoms with Crippen LogP contribution < -0.4 is 10.6 Å². The van der Waals surface area contributed by atoms with Crippen LogP contribution in [0, 0.1) is 11.6 Å². The van der Waals surface area contributed by atoms with E-state index in [0.717, 1.165) is 18.9 Å². The Morgan fingerprint density at radius 2 is 1.96 bits per heavy atom. The van der Waals surface area contributed by atoms with Gasteiger partial charge in [-0.1, -0.05) is 12.8 Å². The highest BCUT2D eigenvalue weighted by Crippen LogP contribution is 2.23. The second-order valence-electron chi connectivity index (χ2n) is 5.89. The Morgan fingerprint density at radius 1 is 1.12 bits per heavy atom. The van der Waals surface area contributed by atoms with Crippen LogP contribution in [0.2, 0.25) is 0 Å². The van der Waals surface area contributed by atoms with Crippen LogP contribution in [0.3, 0.4) is 0 Å². The Balaban J connectivity index is 1.56. The predicted octanol–water partition coefficient (Wildman–Crippen LogP) is 3.73. The maximum atomic E-state index is 13.7. The molecule has 1 aliphatic rings. The second-order valence-corrected chi connectivity index (χ2v) is 5.89. The molecule has 124 valence electrons. The van der Waals surface area contributed by atoms with Gasteiger partial charge < -0.3 is 15.6 Å². The Bertz CT molecular complexity index is 872. The third-order valence-corrected chi connectivity index (χ3v) is 4.11. The molecule has 3 aromatic rings. The minimum atomic E-state index is -0.690. The van der Waals surface area contributed by atoms with Gasteiger partial charge in [-0.25, -0.2) is 13.8 Å². The number of rotatable bonds is 4. The van der Waals surface area contributed by atoms with Gasteiger partial charge in [0.15, 0.2) is 5.65 Å². The van der Waals surface area contributed by atoms with Gasteiger partial charge in [-0.15, -0.1) is 0 Å². The van der Waals surface area contributed by atoms with Crippen molar-refractivity contribution in [2.45, 2.75) is 31.7 Å². The number of nitrogens with zero attached hydrogens (tertiary/aromatic N) is 3. The first-order chi connectivity index (χ1) is 11.7. The van der Waals surface area contributed by atoms with E-state index < -0.39 is 11.6 Å². The van der Waals surface area contributed by atoms with Crippen molar-refractivity contribution in [2.24, 2.45) is 0 Å². The van der Waals surface area contributed by atoms with Crippen LogP contribution >= 0.6 is 0 Å². The van der Waals surface area contributed by atoms with Gasteiger partial charge in [0.25, 0.3) is 0 Å². The number of aromatic amines is 1. The predicted molar refractivity (Wildman–Crippen MR) is 87.2 cm³/mol. The molecule has 6 nitrogen and oxygen atoms in total. The highest BCUT2D eigenvalue weighted by atomic mass is 19.1. The molecule has 4 rings (SSSR count). The topological polar surface area (TPSA) is 78.5 Å². The molecule has 0 unspecified atom stereocenters. The van der Waals surface area contributed by atoms with Gasteiger partial charge in [-0.05, 0) is 25.0 Å². The van der Waals surface area contributed by atoms with E-state index in [9.17, 15) is 8.78 Å². The molecule has 1 fully saturated rings. The van der Waals surface area contributed by atoms with E-state index in [0.29, 0.717) is 29.1 Å². The van der Waals surface area contributed by atoms with Crippen molar-refractivity contribution in [3.63, 3.8) is 0 Å². The van der Waals surface area contributed by atoms with Crippen molar-refractivity contribution in [3.8, 4) is 0 Å². The van der Waals surface area contributed by atoms with Crippen LogP contribution in [0.4, 0.5) is 26.4 Å². The fourth-order valence-electron chi connectivity index (χ4n) is 2.91. The second kappa shape index (κ2) is 6.03. The van der Waals surface area contributed by atoms with Crippen molar-refractivity contribution in [1.29, 1.82) is 0 Å². The molecular weight excluding hydrogens is 314 g/mol. The lowest BCUT2D eigenvalue weighted by Crippen LogP contribution is -2.16. The third kappa shape index (κ3) is 2.99. The molecule has 24 heavy (non-hydrogen) atoms. The van der Waals surface area contributed by atoms with E-state index in [-0.39, 0.29) is 5.69 Å². The van der Waals surface area contributed by atoms with Gasteiger partial charge in [-0.3, -0.25) is 0 Å². The highest BCUT2D eigenvalue weighted by Gasteiger charge is 2.16. The number of hydrogen-bond donors (Lipinski definition) is 3. The smallest absolute Gasteiger partial charge is 0.225 e. The van der Waals surface area contributed by atoms with Crippen LogP contribution in [0.1, 0.15) is 25.7 Å². The minimum absolute atomic E-state index is 0.132. The first-order valence-electron chi connectivity index (χ1n) is 7.89. The Morgan fingerprint density at radius 3 is 2.75 bits per heavy atom. The molecule has 1 aliphatic carbocycles. The summed E-state index contributed by atoms with van der Waals surface area (Å²) in [5.74, 6) is -0.454. The van der Waals surface area contributed by atoms with E-state index in [1.54, 1.807) is 6.20 Å². The van der Waals surface area contributed by atoms with Crippen LogP contribution in [-0.2, 0) is 0 Å². The summed E-state index contributed by atoms with van der Waals surface area (Å²) in [5, 5.41) is 6.09. The molecule has 0 radical (unpaired) electrons. The van der Waals surface area contributed by atoms with Gasteiger partial charge >= 0.3 is 0 Å². The average molecular weight is 330 g/mol. The molecule has 1 saturated carbocycles. The lowest BCUT2D eigenvalue weighted by Gasteiger charge is -2.10. The van der Waals surface area contributed by atoms with Crippen LogP contribution in [-0.4, -0.2) is 26.0 Å². The zero-order valence-corrected chi connectivity index (χ0v) is 12.8. The van der Waals surface area contributed by atoms with E-state index in [1.807, 2.05) is 0 Å². The zero-order valence-electron chi connectivity index (χ0n) is 12.8. The zero-order chi connectivity index (χ0) is 16.5. The Kier molecular flexibility index (Phi) is 3.72. The van der Waals surface area contributed by atoms with Crippen LogP contribution in [0.5, 0.6) is 0 Å². The largest absolute Gasteiger partial charge is 0.351 e. The highest BCUT2D eigenvalue weighted by molar-refractivity contribution is 5.74. The van der Waals surface area contributed by atoms with E-state index >= 15 is 0 Å². The molecule has 0 bridgehead atoms. The number of halogens is 2. The summed E-state index contributed by atoms with van der Waals surface area (Å²) in [6, 6.07) is 3.72. The Hall–Kier alpha value is -2.77. The third-order valence-electron chi connectivity index (χ3n) is 4.11. The fourth-order valence-corrected chi connectivity index (χ4v) is 2.91. The van der Waals surface area contributed by atoms with Crippen molar-refractivity contribution >= 4 is 28.7 Å². The van der Waals surface area contributed by atoms with Gasteiger partial charge in [0.05, 0.1) is 11.9 Å². The monoisotopic (exact) mass is 330 g/mol. The molecule has 0 amide bonds. The molecule has 8 heteroatoms. The first-order valence-corrected chi connectivity index (χ1v) is 7.89. The summed E-state index contributed by atoms with van der Waals surface area (Å²) in [6.45, 7) is 0. The number of H-pyrrole nitrogens is 1. The molecule has 2 aromatic heterocycles. The molecule has 0 spiro atoms. The summed E-state index contributed by atoms with van der Waals surface area (Å²) < 4.78 is 26.6. The van der Waals surface area contributed by atoms with E-state index in [2.05, 4.69) is 30.6 Å². The molecule has 0 atom stereocenters. The van der Waals surface area contributed by atoms with Gasteiger partial charge in [-0.2, -0.15) is 9.97 Å². The molecule has 3 N–H and O–H groups in total. The van der Waals surface area contributed by atoms with E-state index in [4.69, 9.17) is 0 Å². The van der Waals surface area contributed by atoms with Crippen molar-refractivity contribution in [2.75, 3.05) is 10.6 Å². The molecule has 0 saturated heterocycles. The van der Waals surface area contributed by atoms with Crippen molar-refractivity contribution in [3.05, 3.63) is 36.0 Å². The lowest BCUT2D eigenvalue weighted by atomic mass is 10.2. The summed E-state index contributed by atoms with van der Waals surface area (Å²) in [5.41, 5.74) is 1.25. The number of benzene rings is 1. The number of anilines is 3. The molecular formula is C16H16F2N6. The molecule has 2 heterocycles. The number of hydrogen-bond acceptors (Lipinski definition) is 5. The minimum Gasteiger partial charge on any atom is -0.351 e. The summed E-state index contributed by atoms with van der Waals surface area (Å²) >= 11 is 0. The van der Waals surface area contributed by atoms with E-state index in [1.165, 1.54) is 25.0 Å². The average Bonchev–Trinajstić information content (AvgIpc) is 3.19. The SMILES string of the molecule is Fc1ccc(Nc2nc3nc(NC4CCCC4)ncc3[nH]2)c(F)c1. The molecule has 0 aliphatic heterocycles.